The number of benzene rings is 1. The van der Waals surface area contributed by atoms with Gasteiger partial charge in [-0.05, 0) is 42.4 Å². The van der Waals surface area contributed by atoms with E-state index in [0.29, 0.717) is 11.5 Å². The van der Waals surface area contributed by atoms with Crippen molar-refractivity contribution in [3.05, 3.63) is 34.9 Å². The van der Waals surface area contributed by atoms with Crippen LogP contribution in [0.2, 0.25) is 5.02 Å². The highest BCUT2D eigenvalue weighted by atomic mass is 35.5. The van der Waals surface area contributed by atoms with Gasteiger partial charge in [0.05, 0.1) is 0 Å². The van der Waals surface area contributed by atoms with Gasteiger partial charge in [-0.15, -0.1) is 0 Å². The Labute approximate surface area is 95.8 Å². The lowest BCUT2D eigenvalue weighted by Crippen LogP contribution is -2.42. The maximum Gasteiger partial charge on any atom is 0.0408 e. The van der Waals surface area contributed by atoms with Crippen LogP contribution in [-0.4, -0.2) is 6.04 Å². The van der Waals surface area contributed by atoms with Crippen LogP contribution in [0, 0.1) is 5.41 Å². The summed E-state index contributed by atoms with van der Waals surface area (Å²) in [5.74, 6) is 5.60. The molecule has 0 bridgehead atoms. The molecule has 0 radical (unpaired) electrons. The minimum atomic E-state index is 0.357. The molecular formula is C12H17ClN2. The number of nitrogens with one attached hydrogen (secondary N) is 1. The largest absolute Gasteiger partial charge is 0.271 e. The molecule has 0 heterocycles. The summed E-state index contributed by atoms with van der Waals surface area (Å²) < 4.78 is 0. The van der Waals surface area contributed by atoms with E-state index in [2.05, 4.69) is 18.4 Å². The number of hydrogen-bond donors (Lipinski definition) is 2. The Balaban J connectivity index is 2.06. The van der Waals surface area contributed by atoms with Crippen molar-refractivity contribution in [1.29, 1.82) is 0 Å². The van der Waals surface area contributed by atoms with E-state index in [4.69, 9.17) is 17.4 Å². The lowest BCUT2D eigenvalue weighted by Gasteiger charge is -2.22. The first-order chi connectivity index (χ1) is 7.14. The summed E-state index contributed by atoms with van der Waals surface area (Å²) in [7, 11) is 0. The third-order valence-electron chi connectivity index (χ3n) is 3.41. The third kappa shape index (κ3) is 2.51. The van der Waals surface area contributed by atoms with Gasteiger partial charge in [-0.3, -0.25) is 11.3 Å². The van der Waals surface area contributed by atoms with E-state index in [9.17, 15) is 0 Å². The molecule has 1 aromatic carbocycles. The van der Waals surface area contributed by atoms with Crippen LogP contribution in [0.4, 0.5) is 0 Å². The number of hydrogen-bond acceptors (Lipinski definition) is 2. The molecule has 0 amide bonds. The van der Waals surface area contributed by atoms with Crippen molar-refractivity contribution in [2.45, 2.75) is 32.2 Å². The van der Waals surface area contributed by atoms with Crippen molar-refractivity contribution in [3.63, 3.8) is 0 Å². The first-order valence-electron chi connectivity index (χ1n) is 5.35. The summed E-state index contributed by atoms with van der Waals surface area (Å²) >= 11 is 5.95. The van der Waals surface area contributed by atoms with Crippen LogP contribution in [0.15, 0.2) is 24.3 Å². The van der Waals surface area contributed by atoms with Gasteiger partial charge in [0, 0.05) is 11.1 Å². The van der Waals surface area contributed by atoms with E-state index < -0.39 is 0 Å². The molecule has 0 aromatic heterocycles. The molecule has 1 fully saturated rings. The fraction of sp³-hybridized carbons (Fsp3) is 0.500. The second kappa shape index (κ2) is 4.12. The molecule has 1 atom stereocenters. The van der Waals surface area contributed by atoms with E-state index in [1.54, 1.807) is 0 Å². The highest BCUT2D eigenvalue weighted by Gasteiger charge is 2.44. The molecule has 2 rings (SSSR count). The first kappa shape index (κ1) is 10.9. The monoisotopic (exact) mass is 224 g/mol. The number of nitrogens with two attached hydrogens (primary N) is 1. The zero-order valence-corrected chi connectivity index (χ0v) is 9.72. The Morgan fingerprint density at radius 3 is 2.80 bits per heavy atom. The molecule has 15 heavy (non-hydrogen) atoms. The lowest BCUT2D eigenvalue weighted by atomic mass is 9.93. The predicted octanol–water partition coefficient (Wildman–Crippen LogP) is 2.51. The first-order valence-corrected chi connectivity index (χ1v) is 5.72. The molecule has 0 saturated heterocycles. The summed E-state index contributed by atoms with van der Waals surface area (Å²) in [6, 6.07) is 8.35. The van der Waals surface area contributed by atoms with E-state index in [1.807, 2.05) is 18.2 Å². The van der Waals surface area contributed by atoms with Gasteiger partial charge in [0.15, 0.2) is 0 Å². The van der Waals surface area contributed by atoms with E-state index >= 15 is 0 Å². The lowest BCUT2D eigenvalue weighted by molar-refractivity contribution is 0.359. The van der Waals surface area contributed by atoms with Gasteiger partial charge in [0.1, 0.15) is 0 Å². The average molecular weight is 225 g/mol. The maximum atomic E-state index is 5.95. The summed E-state index contributed by atoms with van der Waals surface area (Å²) in [6.07, 6.45) is 3.48. The minimum absolute atomic E-state index is 0.357. The average Bonchev–Trinajstić information content (AvgIpc) is 2.94. The van der Waals surface area contributed by atoms with Crippen molar-refractivity contribution in [1.82, 2.24) is 5.43 Å². The Morgan fingerprint density at radius 1 is 1.53 bits per heavy atom. The second-order valence-corrected chi connectivity index (χ2v) is 5.14. The summed E-state index contributed by atoms with van der Waals surface area (Å²) in [5, 5.41) is 0.796. The maximum absolute atomic E-state index is 5.95. The molecule has 1 unspecified atom stereocenters. The van der Waals surface area contributed by atoms with Crippen LogP contribution in [0.1, 0.15) is 25.3 Å². The van der Waals surface area contributed by atoms with Crippen molar-refractivity contribution >= 4 is 11.6 Å². The van der Waals surface area contributed by atoms with Gasteiger partial charge in [-0.25, -0.2) is 0 Å². The van der Waals surface area contributed by atoms with Crippen LogP contribution in [0.5, 0.6) is 0 Å². The molecule has 0 spiro atoms. The standard InChI is InChI=1S/C12H17ClN2/c1-12(5-6-12)11(15-14)8-9-3-2-4-10(13)7-9/h2-4,7,11,15H,5-6,8,14H2,1H3. The summed E-state index contributed by atoms with van der Waals surface area (Å²) in [4.78, 5) is 0. The molecule has 1 aliphatic rings. The third-order valence-corrected chi connectivity index (χ3v) is 3.65. The van der Waals surface area contributed by atoms with Crippen LogP contribution in [0.25, 0.3) is 0 Å². The van der Waals surface area contributed by atoms with Crippen LogP contribution in [-0.2, 0) is 6.42 Å². The van der Waals surface area contributed by atoms with Gasteiger partial charge < -0.3 is 0 Å². The Hall–Kier alpha value is -0.570. The van der Waals surface area contributed by atoms with Crippen molar-refractivity contribution < 1.29 is 0 Å². The van der Waals surface area contributed by atoms with Gasteiger partial charge in [-0.2, -0.15) is 0 Å². The fourth-order valence-corrected chi connectivity index (χ4v) is 2.16. The number of hydrazine groups is 1. The topological polar surface area (TPSA) is 38.0 Å². The highest BCUT2D eigenvalue weighted by Crippen LogP contribution is 2.48. The van der Waals surface area contributed by atoms with E-state index in [0.717, 1.165) is 11.4 Å². The zero-order chi connectivity index (χ0) is 10.9. The molecule has 0 aliphatic heterocycles. The SMILES string of the molecule is CC1(C(Cc2cccc(Cl)c2)NN)CC1. The Bertz CT molecular complexity index is 347. The number of halogens is 1. The van der Waals surface area contributed by atoms with Crippen LogP contribution >= 0.6 is 11.6 Å². The van der Waals surface area contributed by atoms with Crippen molar-refractivity contribution in [2.75, 3.05) is 0 Å². The fourth-order valence-electron chi connectivity index (χ4n) is 1.95. The molecule has 82 valence electrons. The summed E-state index contributed by atoms with van der Waals surface area (Å²) in [6.45, 7) is 2.28. The predicted molar refractivity (Wildman–Crippen MR) is 63.6 cm³/mol. The highest BCUT2D eigenvalue weighted by molar-refractivity contribution is 6.30. The molecule has 3 N–H and O–H groups in total. The van der Waals surface area contributed by atoms with Gasteiger partial charge in [0.2, 0.25) is 0 Å². The van der Waals surface area contributed by atoms with E-state index in [-0.39, 0.29) is 0 Å². The minimum Gasteiger partial charge on any atom is -0.271 e. The van der Waals surface area contributed by atoms with Gasteiger partial charge >= 0.3 is 0 Å². The summed E-state index contributed by atoms with van der Waals surface area (Å²) in [5.41, 5.74) is 4.56. The molecule has 3 heteroatoms. The quantitative estimate of drug-likeness (QED) is 0.609. The van der Waals surface area contributed by atoms with E-state index in [1.165, 1.54) is 18.4 Å². The van der Waals surface area contributed by atoms with Gasteiger partial charge in [0.25, 0.3) is 0 Å². The molecule has 2 nitrogen and oxygen atoms in total. The zero-order valence-electron chi connectivity index (χ0n) is 8.96. The Kier molecular flexibility index (Phi) is 3.01. The van der Waals surface area contributed by atoms with Gasteiger partial charge in [-0.1, -0.05) is 30.7 Å². The Morgan fingerprint density at radius 2 is 2.27 bits per heavy atom. The normalized spacial score (nSPS) is 19.9. The smallest absolute Gasteiger partial charge is 0.0408 e. The second-order valence-electron chi connectivity index (χ2n) is 4.71. The number of rotatable bonds is 4. The molecule has 1 aromatic rings. The van der Waals surface area contributed by atoms with Crippen molar-refractivity contribution in [3.8, 4) is 0 Å². The van der Waals surface area contributed by atoms with Crippen LogP contribution < -0.4 is 11.3 Å². The molecular weight excluding hydrogens is 208 g/mol. The van der Waals surface area contributed by atoms with Crippen molar-refractivity contribution in [2.24, 2.45) is 11.3 Å². The van der Waals surface area contributed by atoms with Crippen LogP contribution in [0.3, 0.4) is 0 Å². The molecule has 1 aliphatic carbocycles. The molecule has 1 saturated carbocycles.